The lowest BCUT2D eigenvalue weighted by Gasteiger charge is -2.21. The Morgan fingerprint density at radius 1 is 0.973 bits per heavy atom. The summed E-state index contributed by atoms with van der Waals surface area (Å²) in [6, 6.07) is 24.8. The summed E-state index contributed by atoms with van der Waals surface area (Å²) in [5, 5.41) is 18.4. The summed E-state index contributed by atoms with van der Waals surface area (Å²) < 4.78 is 5.29. The number of hydrogen-bond donors (Lipinski definition) is 4. The molecule has 2 amide bonds. The molecule has 0 bridgehead atoms. The van der Waals surface area contributed by atoms with Gasteiger partial charge in [0.05, 0.1) is 10.7 Å². The van der Waals surface area contributed by atoms with E-state index in [-0.39, 0.29) is 0 Å². The lowest BCUT2D eigenvalue weighted by molar-refractivity contribution is -0.129. The van der Waals surface area contributed by atoms with Crippen LogP contribution in [0.25, 0.3) is 10.9 Å². The number of H-pyrrole nitrogens is 1. The lowest BCUT2D eigenvalue weighted by atomic mass is 10.1. The molecule has 0 saturated heterocycles. The van der Waals surface area contributed by atoms with E-state index in [0.717, 1.165) is 26.4 Å². The van der Waals surface area contributed by atoms with E-state index < -0.39 is 23.7 Å². The summed E-state index contributed by atoms with van der Waals surface area (Å²) in [4.78, 5) is 29.7. The van der Waals surface area contributed by atoms with E-state index >= 15 is 0 Å². The van der Waals surface area contributed by atoms with E-state index in [2.05, 4.69) is 33.8 Å². The van der Waals surface area contributed by atoms with E-state index in [4.69, 9.17) is 4.74 Å². The van der Waals surface area contributed by atoms with Gasteiger partial charge in [-0.1, -0.05) is 66.4 Å². The van der Waals surface area contributed by atoms with Crippen molar-refractivity contribution in [3.63, 3.8) is 0 Å². The zero-order chi connectivity index (χ0) is 26.4. The fourth-order valence-corrected chi connectivity index (χ4v) is 4.95. The Balaban J connectivity index is 1.44. The summed E-state index contributed by atoms with van der Waals surface area (Å²) in [5.41, 5.74) is 2.07. The van der Waals surface area contributed by atoms with Crippen molar-refractivity contribution in [1.29, 1.82) is 0 Å². The molecule has 192 valence electrons. The van der Waals surface area contributed by atoms with Gasteiger partial charge in [-0.3, -0.25) is 10.1 Å². The molecule has 8 heteroatoms. The molecule has 3 aromatic carbocycles. The Bertz CT molecular complexity index is 1380. The van der Waals surface area contributed by atoms with Crippen LogP contribution in [0.1, 0.15) is 38.0 Å². The number of anilines is 1. The number of aromatic amines is 1. The smallest absolute Gasteiger partial charge is 0.412 e. The largest absolute Gasteiger partial charge is 0.444 e. The highest BCUT2D eigenvalue weighted by Gasteiger charge is 2.23. The molecule has 0 radical (unpaired) electrons. The Hall–Kier alpha value is -3.75. The van der Waals surface area contributed by atoms with Gasteiger partial charge >= 0.3 is 6.09 Å². The summed E-state index contributed by atoms with van der Waals surface area (Å²) >= 11 is 1.64. The zero-order valence-corrected chi connectivity index (χ0v) is 21.9. The monoisotopic (exact) mass is 517 g/mol. The number of rotatable bonds is 8. The summed E-state index contributed by atoms with van der Waals surface area (Å²) in [7, 11) is 0. The van der Waals surface area contributed by atoms with Crippen LogP contribution in [0.3, 0.4) is 0 Å². The number of ether oxygens (including phenoxy) is 1. The summed E-state index contributed by atoms with van der Waals surface area (Å²) in [6.45, 7) is 5.62. The number of amides is 2. The molecule has 1 atom stereocenters. The predicted molar refractivity (Wildman–Crippen MR) is 147 cm³/mol. The Kier molecular flexibility index (Phi) is 8.21. The van der Waals surface area contributed by atoms with Crippen LogP contribution in [0.5, 0.6) is 0 Å². The Morgan fingerprint density at radius 3 is 2.41 bits per heavy atom. The van der Waals surface area contributed by atoms with Gasteiger partial charge in [0.1, 0.15) is 5.60 Å². The van der Waals surface area contributed by atoms with Crippen LogP contribution in [-0.2, 0) is 16.0 Å². The Morgan fingerprint density at radius 2 is 1.65 bits per heavy atom. The molecule has 0 spiro atoms. The number of fused-ring (bicyclic) bond motifs is 1. The third kappa shape index (κ3) is 6.93. The molecule has 4 aromatic rings. The quantitative estimate of drug-likeness (QED) is 0.228. The third-order valence-electron chi connectivity index (χ3n) is 5.55. The SMILES string of the molecule is CC(C)(C)OC(=O)Nc1ccccc1C(O)C(=O)NCCc1c(Sc2ccccc2)[nH]c2ccccc12. The van der Waals surface area contributed by atoms with Gasteiger partial charge in [-0.2, -0.15) is 0 Å². The number of aromatic nitrogens is 1. The van der Waals surface area contributed by atoms with Crippen molar-refractivity contribution in [3.8, 4) is 0 Å². The van der Waals surface area contributed by atoms with Crippen molar-refractivity contribution >= 4 is 40.4 Å². The average Bonchev–Trinajstić information content (AvgIpc) is 3.20. The molecule has 1 aromatic heterocycles. The first-order chi connectivity index (χ1) is 17.7. The minimum Gasteiger partial charge on any atom is -0.444 e. The van der Waals surface area contributed by atoms with E-state index in [0.29, 0.717) is 24.2 Å². The lowest BCUT2D eigenvalue weighted by Crippen LogP contribution is -2.32. The van der Waals surface area contributed by atoms with Gasteiger partial charge in [-0.15, -0.1) is 0 Å². The molecule has 0 aliphatic heterocycles. The maximum absolute atomic E-state index is 12.9. The van der Waals surface area contributed by atoms with Crippen molar-refractivity contribution in [2.24, 2.45) is 0 Å². The predicted octanol–water partition coefficient (Wildman–Crippen LogP) is 6.06. The molecule has 1 unspecified atom stereocenters. The number of aliphatic hydroxyl groups excluding tert-OH is 1. The zero-order valence-electron chi connectivity index (χ0n) is 21.1. The van der Waals surface area contributed by atoms with E-state index in [1.165, 1.54) is 0 Å². The van der Waals surface area contributed by atoms with Gasteiger partial charge in [0.15, 0.2) is 6.10 Å². The van der Waals surface area contributed by atoms with E-state index in [1.807, 2.05) is 36.4 Å². The van der Waals surface area contributed by atoms with Crippen LogP contribution in [0.4, 0.5) is 10.5 Å². The number of carbonyl (C=O) groups excluding carboxylic acids is 2. The molecule has 0 fully saturated rings. The second kappa shape index (κ2) is 11.5. The molecule has 1 heterocycles. The number of benzene rings is 3. The molecule has 4 rings (SSSR count). The van der Waals surface area contributed by atoms with E-state index in [1.54, 1.807) is 56.8 Å². The highest BCUT2D eigenvalue weighted by Crippen LogP contribution is 2.34. The average molecular weight is 518 g/mol. The minimum absolute atomic E-state index is 0.290. The van der Waals surface area contributed by atoms with Crippen LogP contribution in [0, 0.1) is 0 Å². The first kappa shape index (κ1) is 26.3. The first-order valence-corrected chi connectivity index (χ1v) is 12.9. The normalized spacial score (nSPS) is 12.2. The molecule has 0 saturated carbocycles. The second-order valence-electron chi connectivity index (χ2n) is 9.55. The highest BCUT2D eigenvalue weighted by atomic mass is 32.2. The second-order valence-corrected chi connectivity index (χ2v) is 10.6. The third-order valence-corrected chi connectivity index (χ3v) is 6.61. The van der Waals surface area contributed by atoms with Gasteiger partial charge in [0.2, 0.25) is 0 Å². The fraction of sp³-hybridized carbons (Fsp3) is 0.241. The number of para-hydroxylation sites is 2. The fourth-order valence-electron chi connectivity index (χ4n) is 3.93. The summed E-state index contributed by atoms with van der Waals surface area (Å²) in [6.07, 6.45) is -1.53. The molecule has 37 heavy (non-hydrogen) atoms. The summed E-state index contributed by atoms with van der Waals surface area (Å²) in [5.74, 6) is -0.546. The molecule has 0 aliphatic rings. The molecule has 0 aliphatic carbocycles. The van der Waals surface area contributed by atoms with Crippen molar-refractivity contribution in [2.75, 3.05) is 11.9 Å². The highest BCUT2D eigenvalue weighted by molar-refractivity contribution is 7.99. The minimum atomic E-state index is -1.45. The number of nitrogens with one attached hydrogen (secondary N) is 3. The van der Waals surface area contributed by atoms with Crippen LogP contribution in [-0.4, -0.2) is 34.2 Å². The van der Waals surface area contributed by atoms with Gasteiger partial charge in [0, 0.05) is 27.9 Å². The van der Waals surface area contributed by atoms with E-state index in [9.17, 15) is 14.7 Å². The van der Waals surface area contributed by atoms with Crippen LogP contribution >= 0.6 is 11.8 Å². The number of hydrogen-bond acceptors (Lipinski definition) is 5. The van der Waals surface area contributed by atoms with Crippen molar-refractivity contribution in [3.05, 3.63) is 90.0 Å². The molecular weight excluding hydrogens is 486 g/mol. The number of carbonyl (C=O) groups is 2. The van der Waals surface area contributed by atoms with Gasteiger partial charge < -0.3 is 20.1 Å². The van der Waals surface area contributed by atoms with Crippen molar-refractivity contribution in [1.82, 2.24) is 10.3 Å². The van der Waals surface area contributed by atoms with Gasteiger partial charge in [0.25, 0.3) is 5.91 Å². The molecular formula is C29H31N3O4S. The maximum atomic E-state index is 12.9. The Labute approximate surface area is 220 Å². The molecule has 4 N–H and O–H groups in total. The van der Waals surface area contributed by atoms with Crippen LogP contribution in [0.2, 0.25) is 0 Å². The van der Waals surface area contributed by atoms with Crippen molar-refractivity contribution in [2.45, 2.75) is 48.8 Å². The van der Waals surface area contributed by atoms with Crippen LogP contribution < -0.4 is 10.6 Å². The topological polar surface area (TPSA) is 103 Å². The number of aliphatic hydroxyl groups is 1. The van der Waals surface area contributed by atoms with Crippen molar-refractivity contribution < 1.29 is 19.4 Å². The standard InChI is InChI=1S/C29H31N3O4S/c1-29(2,3)36-28(35)32-24-16-10-8-14-22(24)25(33)26(34)30-18-17-21-20-13-7-9-15-23(20)31-27(21)37-19-11-5-4-6-12-19/h4-16,25,31,33H,17-18H2,1-3H3,(H,30,34)(H,32,35). The van der Waals surface area contributed by atoms with Gasteiger partial charge in [-0.05, 0) is 57.0 Å². The van der Waals surface area contributed by atoms with Crippen LogP contribution in [0.15, 0.2) is 88.8 Å². The molecule has 7 nitrogen and oxygen atoms in total. The van der Waals surface area contributed by atoms with Gasteiger partial charge in [-0.25, -0.2) is 4.79 Å². The first-order valence-electron chi connectivity index (χ1n) is 12.1. The maximum Gasteiger partial charge on any atom is 0.412 e.